The Morgan fingerprint density at radius 1 is 1.12 bits per heavy atom. The van der Waals surface area contributed by atoms with E-state index >= 15 is 0 Å². The Bertz CT molecular complexity index is 945. The third kappa shape index (κ3) is 4.09. The minimum atomic E-state index is -0.557. The molecule has 132 valence electrons. The lowest BCUT2D eigenvalue weighted by atomic mass is 10.0. The summed E-state index contributed by atoms with van der Waals surface area (Å²) in [6.45, 7) is 0. The Morgan fingerprint density at radius 3 is 2.65 bits per heavy atom. The maximum Gasteiger partial charge on any atom is 0.325 e. The van der Waals surface area contributed by atoms with Gasteiger partial charge in [-0.25, -0.2) is 14.2 Å². The standard InChI is InChI=1S/C18H14FN3O2S2/c1-25-15-5-3-2-4-12(15)16(23)13-10-11(19)6-7-14(13)21-17(24)22-18-20-8-9-26-18/h2-10H,1H3,(H2,20,21,22,24). The normalized spacial score (nSPS) is 10.4. The number of urea groups is 1. The Balaban J connectivity index is 1.90. The van der Waals surface area contributed by atoms with Crippen molar-refractivity contribution < 1.29 is 14.0 Å². The van der Waals surface area contributed by atoms with Gasteiger partial charge in [0, 0.05) is 27.6 Å². The second-order valence-corrected chi connectivity index (χ2v) is 6.88. The number of amides is 2. The molecule has 0 saturated carbocycles. The lowest BCUT2D eigenvalue weighted by Crippen LogP contribution is -2.21. The van der Waals surface area contributed by atoms with Crippen LogP contribution in [0.15, 0.2) is 58.9 Å². The summed E-state index contributed by atoms with van der Waals surface area (Å²) in [6, 6.07) is 10.2. The number of benzene rings is 2. The molecule has 3 rings (SSSR count). The summed E-state index contributed by atoms with van der Waals surface area (Å²) in [7, 11) is 0. The zero-order chi connectivity index (χ0) is 18.5. The van der Waals surface area contributed by atoms with Gasteiger partial charge in [0.15, 0.2) is 10.9 Å². The fourth-order valence-electron chi connectivity index (χ4n) is 2.33. The molecule has 1 aromatic heterocycles. The first-order valence-corrected chi connectivity index (χ1v) is 9.63. The van der Waals surface area contributed by atoms with E-state index in [-0.39, 0.29) is 17.0 Å². The molecule has 0 spiro atoms. The largest absolute Gasteiger partial charge is 0.325 e. The average molecular weight is 387 g/mol. The molecule has 0 bridgehead atoms. The lowest BCUT2D eigenvalue weighted by Gasteiger charge is -2.12. The zero-order valence-corrected chi connectivity index (χ0v) is 15.3. The molecular formula is C18H14FN3O2S2. The SMILES string of the molecule is CSc1ccccc1C(=O)c1cc(F)ccc1NC(=O)Nc1nccs1. The number of nitrogens with zero attached hydrogens (tertiary/aromatic N) is 1. The third-order valence-electron chi connectivity index (χ3n) is 3.48. The van der Waals surface area contributed by atoms with Crippen LogP contribution < -0.4 is 10.6 Å². The maximum absolute atomic E-state index is 13.8. The summed E-state index contributed by atoms with van der Waals surface area (Å²) in [5.74, 6) is -0.917. The van der Waals surface area contributed by atoms with Crippen LogP contribution in [0.5, 0.6) is 0 Å². The summed E-state index contributed by atoms with van der Waals surface area (Å²) in [6.07, 6.45) is 3.42. The average Bonchev–Trinajstić information content (AvgIpc) is 3.15. The van der Waals surface area contributed by atoms with Crippen molar-refractivity contribution in [2.45, 2.75) is 4.90 Å². The molecular weight excluding hydrogens is 373 g/mol. The third-order valence-corrected chi connectivity index (χ3v) is 4.96. The second-order valence-electron chi connectivity index (χ2n) is 5.14. The molecule has 0 radical (unpaired) electrons. The number of anilines is 2. The number of hydrogen-bond acceptors (Lipinski definition) is 5. The molecule has 2 aromatic carbocycles. The van der Waals surface area contributed by atoms with Gasteiger partial charge in [-0.05, 0) is 36.6 Å². The van der Waals surface area contributed by atoms with Crippen molar-refractivity contribution >= 4 is 45.7 Å². The molecule has 2 N–H and O–H groups in total. The van der Waals surface area contributed by atoms with E-state index < -0.39 is 11.8 Å². The Kier molecular flexibility index (Phi) is 5.65. The Hall–Kier alpha value is -2.71. The summed E-state index contributed by atoms with van der Waals surface area (Å²) < 4.78 is 13.8. The summed E-state index contributed by atoms with van der Waals surface area (Å²) in [5, 5.41) is 7.29. The molecule has 5 nitrogen and oxygen atoms in total. The molecule has 0 unspecified atom stereocenters. The predicted molar refractivity (Wildman–Crippen MR) is 103 cm³/mol. The number of aromatic nitrogens is 1. The highest BCUT2D eigenvalue weighted by Gasteiger charge is 2.19. The van der Waals surface area contributed by atoms with Crippen LogP contribution >= 0.6 is 23.1 Å². The Labute approximate surface area is 157 Å². The van der Waals surface area contributed by atoms with Crippen molar-refractivity contribution in [2.24, 2.45) is 0 Å². The van der Waals surface area contributed by atoms with Gasteiger partial charge >= 0.3 is 6.03 Å². The van der Waals surface area contributed by atoms with Crippen LogP contribution in [0.25, 0.3) is 0 Å². The van der Waals surface area contributed by atoms with E-state index in [1.807, 2.05) is 18.4 Å². The first-order valence-electron chi connectivity index (χ1n) is 7.53. The number of nitrogens with one attached hydrogen (secondary N) is 2. The predicted octanol–water partition coefficient (Wildman–Crippen LogP) is 4.88. The molecule has 0 atom stereocenters. The molecule has 0 fully saturated rings. The fraction of sp³-hybridized carbons (Fsp3) is 0.0556. The first kappa shape index (κ1) is 18.1. The summed E-state index contributed by atoms with van der Waals surface area (Å²) >= 11 is 2.69. The smallest absolute Gasteiger partial charge is 0.307 e. The lowest BCUT2D eigenvalue weighted by molar-refractivity contribution is 0.103. The molecule has 26 heavy (non-hydrogen) atoms. The van der Waals surface area contributed by atoms with Crippen molar-refractivity contribution in [2.75, 3.05) is 16.9 Å². The Morgan fingerprint density at radius 2 is 1.92 bits per heavy atom. The number of hydrogen-bond donors (Lipinski definition) is 2. The summed E-state index contributed by atoms with van der Waals surface area (Å²) in [4.78, 5) is 29.8. The first-order chi connectivity index (χ1) is 12.6. The van der Waals surface area contributed by atoms with Crippen LogP contribution in [0.3, 0.4) is 0 Å². The highest BCUT2D eigenvalue weighted by molar-refractivity contribution is 7.98. The molecule has 0 saturated heterocycles. The van der Waals surface area contributed by atoms with E-state index in [0.717, 1.165) is 11.0 Å². The van der Waals surface area contributed by atoms with Crippen molar-refractivity contribution in [1.29, 1.82) is 0 Å². The van der Waals surface area contributed by atoms with E-state index in [0.29, 0.717) is 10.7 Å². The van der Waals surface area contributed by atoms with Gasteiger partial charge in [0.25, 0.3) is 0 Å². The molecule has 8 heteroatoms. The highest BCUT2D eigenvalue weighted by Crippen LogP contribution is 2.26. The van der Waals surface area contributed by atoms with Crippen LogP contribution in [0, 0.1) is 5.82 Å². The van der Waals surface area contributed by atoms with Crippen molar-refractivity contribution in [3.63, 3.8) is 0 Å². The van der Waals surface area contributed by atoms with Crippen molar-refractivity contribution in [3.05, 3.63) is 71.0 Å². The van der Waals surface area contributed by atoms with Crippen molar-refractivity contribution in [3.8, 4) is 0 Å². The number of thiazole rings is 1. The number of rotatable bonds is 5. The van der Waals surface area contributed by atoms with E-state index in [2.05, 4.69) is 15.6 Å². The number of carbonyl (C=O) groups excluding carboxylic acids is 2. The minimum absolute atomic E-state index is 0.0841. The van der Waals surface area contributed by atoms with Crippen LogP contribution in [-0.2, 0) is 0 Å². The van der Waals surface area contributed by atoms with E-state index in [1.165, 1.54) is 35.2 Å². The highest BCUT2D eigenvalue weighted by atomic mass is 32.2. The molecule has 3 aromatic rings. The van der Waals surface area contributed by atoms with E-state index in [9.17, 15) is 14.0 Å². The molecule has 0 aliphatic carbocycles. The molecule has 0 aliphatic rings. The second kappa shape index (κ2) is 8.11. The molecule has 1 heterocycles. The topological polar surface area (TPSA) is 71.1 Å². The quantitative estimate of drug-likeness (QED) is 0.484. The van der Waals surface area contributed by atoms with Crippen LogP contribution in [0.2, 0.25) is 0 Å². The van der Waals surface area contributed by atoms with Crippen LogP contribution in [-0.4, -0.2) is 23.1 Å². The number of halogens is 1. The van der Waals surface area contributed by atoms with Gasteiger partial charge in [-0.15, -0.1) is 23.1 Å². The monoisotopic (exact) mass is 387 g/mol. The van der Waals surface area contributed by atoms with Crippen LogP contribution in [0.1, 0.15) is 15.9 Å². The number of thioether (sulfide) groups is 1. The summed E-state index contributed by atoms with van der Waals surface area (Å²) in [5.41, 5.74) is 0.760. The maximum atomic E-state index is 13.8. The van der Waals surface area contributed by atoms with Crippen molar-refractivity contribution in [1.82, 2.24) is 4.98 Å². The van der Waals surface area contributed by atoms with Crippen LogP contribution in [0.4, 0.5) is 20.0 Å². The minimum Gasteiger partial charge on any atom is -0.307 e. The molecule has 2 amide bonds. The number of carbonyl (C=O) groups is 2. The van der Waals surface area contributed by atoms with Gasteiger partial charge in [-0.1, -0.05) is 12.1 Å². The number of ketones is 1. The van der Waals surface area contributed by atoms with Gasteiger partial charge in [0.05, 0.1) is 5.69 Å². The van der Waals surface area contributed by atoms with E-state index in [4.69, 9.17) is 0 Å². The molecule has 0 aliphatic heterocycles. The van der Waals surface area contributed by atoms with Gasteiger partial charge in [-0.3, -0.25) is 10.1 Å². The fourth-order valence-corrected chi connectivity index (χ4v) is 3.45. The van der Waals surface area contributed by atoms with Gasteiger partial charge in [0.2, 0.25) is 0 Å². The van der Waals surface area contributed by atoms with Gasteiger partial charge < -0.3 is 5.32 Å². The van der Waals surface area contributed by atoms with E-state index in [1.54, 1.807) is 23.7 Å². The zero-order valence-electron chi connectivity index (χ0n) is 13.7. The van der Waals surface area contributed by atoms with Gasteiger partial charge in [0.1, 0.15) is 5.82 Å². The van der Waals surface area contributed by atoms with Gasteiger partial charge in [-0.2, -0.15) is 0 Å².